The molecule has 3 amide bonds. The lowest BCUT2D eigenvalue weighted by atomic mass is 10.3. The number of thioether (sulfide) groups is 1. The lowest BCUT2D eigenvalue weighted by Crippen LogP contribution is -2.36. The Morgan fingerprint density at radius 2 is 2.00 bits per heavy atom. The molecule has 2 rings (SSSR count). The molecule has 112 valence electrons. The van der Waals surface area contributed by atoms with E-state index in [2.05, 4.69) is 15.5 Å². The molecule has 0 bridgehead atoms. The van der Waals surface area contributed by atoms with Crippen LogP contribution in [0.4, 0.5) is 9.93 Å². The minimum atomic E-state index is -0.467. The van der Waals surface area contributed by atoms with Gasteiger partial charge in [0, 0.05) is 0 Å². The lowest BCUT2D eigenvalue weighted by Gasteiger charge is -2.11. The Labute approximate surface area is 129 Å². The number of imide groups is 1. The van der Waals surface area contributed by atoms with Crippen LogP contribution in [-0.4, -0.2) is 38.7 Å². The quantitative estimate of drug-likeness (QED) is 0.851. The van der Waals surface area contributed by atoms with Crippen molar-refractivity contribution in [2.24, 2.45) is 0 Å². The van der Waals surface area contributed by atoms with Gasteiger partial charge in [0.2, 0.25) is 11.0 Å². The summed E-state index contributed by atoms with van der Waals surface area (Å²) in [5.74, 6) is -0.891. The van der Waals surface area contributed by atoms with Gasteiger partial charge in [0.1, 0.15) is 11.6 Å². The van der Waals surface area contributed by atoms with Crippen LogP contribution < -0.4 is 5.32 Å². The number of amides is 3. The molecule has 1 aliphatic rings. The highest BCUT2D eigenvalue weighted by Gasteiger charge is 2.36. The van der Waals surface area contributed by atoms with Gasteiger partial charge >= 0.3 is 0 Å². The Morgan fingerprint density at radius 1 is 1.29 bits per heavy atom. The van der Waals surface area contributed by atoms with Crippen molar-refractivity contribution in [3.63, 3.8) is 0 Å². The monoisotopic (exact) mass is 326 g/mol. The predicted octanol–water partition coefficient (Wildman–Crippen LogP) is 2.03. The summed E-state index contributed by atoms with van der Waals surface area (Å²) in [6, 6.07) is 0. The first-order chi connectivity index (χ1) is 9.92. The second-order valence-corrected chi connectivity index (χ2v) is 6.51. The summed E-state index contributed by atoms with van der Waals surface area (Å²) in [7, 11) is 0. The highest BCUT2D eigenvalue weighted by Crippen LogP contribution is 2.32. The number of aryl methyl sites for hydroxylation is 1. The number of hydrogen-bond acceptors (Lipinski definition) is 7. The van der Waals surface area contributed by atoms with Gasteiger partial charge in [-0.1, -0.05) is 23.8 Å². The molecule has 1 aliphatic heterocycles. The SMILES string of the molecule is CCc1nnc(NC(=O)CN2C(=O)SC(=C(C)C)C2=O)s1. The van der Waals surface area contributed by atoms with Gasteiger partial charge in [-0.15, -0.1) is 10.2 Å². The molecule has 1 aromatic rings. The van der Waals surface area contributed by atoms with E-state index >= 15 is 0 Å². The molecule has 0 radical (unpaired) electrons. The van der Waals surface area contributed by atoms with Gasteiger partial charge in [-0.05, 0) is 32.0 Å². The number of carbonyl (C=O) groups is 3. The highest BCUT2D eigenvalue weighted by atomic mass is 32.2. The van der Waals surface area contributed by atoms with Gasteiger partial charge < -0.3 is 0 Å². The molecule has 0 unspecified atom stereocenters. The maximum Gasteiger partial charge on any atom is 0.294 e. The average molecular weight is 326 g/mol. The van der Waals surface area contributed by atoms with Crippen LogP contribution in [0.25, 0.3) is 0 Å². The molecule has 2 heterocycles. The zero-order valence-corrected chi connectivity index (χ0v) is 13.4. The zero-order valence-electron chi connectivity index (χ0n) is 11.8. The summed E-state index contributed by atoms with van der Waals surface area (Å²) in [6.45, 7) is 5.13. The predicted molar refractivity (Wildman–Crippen MR) is 81.0 cm³/mol. The van der Waals surface area contributed by atoms with E-state index in [0.717, 1.165) is 33.7 Å². The summed E-state index contributed by atoms with van der Waals surface area (Å²) < 4.78 is 0. The maximum absolute atomic E-state index is 12.0. The number of rotatable bonds is 4. The number of nitrogens with zero attached hydrogens (tertiary/aromatic N) is 3. The molecule has 9 heteroatoms. The molecule has 1 N–H and O–H groups in total. The largest absolute Gasteiger partial charge is 0.299 e. The summed E-state index contributed by atoms with van der Waals surface area (Å²) in [5.41, 5.74) is 0.762. The molecular weight excluding hydrogens is 312 g/mol. The van der Waals surface area contributed by atoms with Crippen LogP contribution in [0.5, 0.6) is 0 Å². The van der Waals surface area contributed by atoms with E-state index < -0.39 is 17.1 Å². The topological polar surface area (TPSA) is 92.3 Å². The van der Waals surface area contributed by atoms with Crippen molar-refractivity contribution >= 4 is 45.3 Å². The highest BCUT2D eigenvalue weighted by molar-refractivity contribution is 8.18. The van der Waals surface area contributed by atoms with E-state index in [4.69, 9.17) is 0 Å². The van der Waals surface area contributed by atoms with E-state index in [1.807, 2.05) is 6.92 Å². The van der Waals surface area contributed by atoms with Gasteiger partial charge in [-0.25, -0.2) is 0 Å². The molecule has 7 nitrogen and oxygen atoms in total. The Bertz CT molecular complexity index is 634. The number of hydrogen-bond donors (Lipinski definition) is 1. The standard InChI is InChI=1S/C12H14N4O3S2/c1-4-8-14-15-11(20-8)13-7(17)5-16-10(18)9(6(2)3)21-12(16)19/h4-5H2,1-3H3,(H,13,15,17). The first-order valence-corrected chi connectivity index (χ1v) is 7.89. The fourth-order valence-corrected chi connectivity index (χ4v) is 3.12. The van der Waals surface area contributed by atoms with E-state index in [1.165, 1.54) is 11.3 Å². The van der Waals surface area contributed by atoms with E-state index in [0.29, 0.717) is 10.0 Å². The van der Waals surface area contributed by atoms with Crippen LogP contribution >= 0.6 is 23.1 Å². The zero-order chi connectivity index (χ0) is 15.6. The third kappa shape index (κ3) is 3.48. The minimum Gasteiger partial charge on any atom is -0.299 e. The third-order valence-corrected chi connectivity index (χ3v) is 4.79. The van der Waals surface area contributed by atoms with Crippen molar-refractivity contribution < 1.29 is 14.4 Å². The Kier molecular flexibility index (Phi) is 4.73. The molecule has 21 heavy (non-hydrogen) atoms. The van der Waals surface area contributed by atoms with Crippen LogP contribution in [0.3, 0.4) is 0 Å². The fraction of sp³-hybridized carbons (Fsp3) is 0.417. The molecule has 0 atom stereocenters. The van der Waals surface area contributed by atoms with E-state index in [-0.39, 0.29) is 6.54 Å². The first kappa shape index (κ1) is 15.6. The van der Waals surface area contributed by atoms with Gasteiger partial charge in [-0.2, -0.15) is 0 Å². The maximum atomic E-state index is 12.0. The van der Waals surface area contributed by atoms with Gasteiger partial charge in [-0.3, -0.25) is 24.6 Å². The van der Waals surface area contributed by atoms with E-state index in [9.17, 15) is 14.4 Å². The van der Waals surface area contributed by atoms with Gasteiger partial charge in [0.15, 0.2) is 0 Å². The average Bonchev–Trinajstić information content (AvgIpc) is 2.98. The number of allylic oxidation sites excluding steroid dienone is 1. The second kappa shape index (κ2) is 6.35. The summed E-state index contributed by atoms with van der Waals surface area (Å²) >= 11 is 2.13. The van der Waals surface area contributed by atoms with Crippen LogP contribution in [-0.2, 0) is 16.0 Å². The van der Waals surface area contributed by atoms with E-state index in [1.54, 1.807) is 13.8 Å². The molecule has 0 aromatic carbocycles. The van der Waals surface area contributed by atoms with Crippen LogP contribution in [0.2, 0.25) is 0 Å². The Balaban J connectivity index is 2.01. The lowest BCUT2D eigenvalue weighted by molar-refractivity contribution is -0.127. The second-order valence-electron chi connectivity index (χ2n) is 4.49. The summed E-state index contributed by atoms with van der Waals surface area (Å²) in [4.78, 5) is 37.0. The smallest absolute Gasteiger partial charge is 0.294 e. The Hall–Kier alpha value is -1.74. The summed E-state index contributed by atoms with van der Waals surface area (Å²) in [5, 5.41) is 11.0. The minimum absolute atomic E-state index is 0.317. The molecule has 0 saturated carbocycles. The molecule has 0 spiro atoms. The number of anilines is 1. The number of aromatic nitrogens is 2. The fourth-order valence-electron chi connectivity index (χ4n) is 1.59. The van der Waals surface area contributed by atoms with Crippen molar-refractivity contribution in [1.29, 1.82) is 0 Å². The van der Waals surface area contributed by atoms with Crippen LogP contribution in [0, 0.1) is 0 Å². The molecular formula is C12H14N4O3S2. The molecule has 1 aromatic heterocycles. The van der Waals surface area contributed by atoms with Crippen molar-refractivity contribution in [2.45, 2.75) is 27.2 Å². The number of carbonyl (C=O) groups excluding carboxylic acids is 3. The van der Waals surface area contributed by atoms with Crippen molar-refractivity contribution in [3.05, 3.63) is 15.5 Å². The number of nitrogens with one attached hydrogen (secondary N) is 1. The normalized spacial score (nSPS) is 14.8. The van der Waals surface area contributed by atoms with Gasteiger partial charge in [0.25, 0.3) is 11.1 Å². The third-order valence-electron chi connectivity index (χ3n) is 2.62. The molecule has 1 fully saturated rings. The van der Waals surface area contributed by atoms with Crippen molar-refractivity contribution in [2.75, 3.05) is 11.9 Å². The van der Waals surface area contributed by atoms with Gasteiger partial charge in [0.05, 0.1) is 4.91 Å². The summed E-state index contributed by atoms with van der Waals surface area (Å²) in [6.07, 6.45) is 0.733. The van der Waals surface area contributed by atoms with Crippen LogP contribution in [0.1, 0.15) is 25.8 Å². The first-order valence-electron chi connectivity index (χ1n) is 6.25. The molecule has 1 saturated heterocycles. The van der Waals surface area contributed by atoms with Crippen molar-refractivity contribution in [1.82, 2.24) is 15.1 Å². The van der Waals surface area contributed by atoms with Crippen LogP contribution in [0.15, 0.2) is 10.5 Å². The molecule has 0 aliphatic carbocycles. The Morgan fingerprint density at radius 3 is 2.52 bits per heavy atom. The van der Waals surface area contributed by atoms with Crippen molar-refractivity contribution in [3.8, 4) is 0 Å².